The van der Waals surface area contributed by atoms with Crippen LogP contribution in [0.3, 0.4) is 0 Å². The Morgan fingerprint density at radius 1 is 1.32 bits per heavy atom. The molecule has 0 heterocycles. The molecule has 1 N–H and O–H groups in total. The largest absolute Gasteiger partial charge is 0.497 e. The van der Waals surface area contributed by atoms with E-state index in [4.69, 9.17) is 4.74 Å². The molecule has 0 aliphatic heterocycles. The van der Waals surface area contributed by atoms with Crippen molar-refractivity contribution in [2.45, 2.75) is 13.8 Å². The molecule has 0 bridgehead atoms. The van der Waals surface area contributed by atoms with Crippen molar-refractivity contribution >= 4 is 17.5 Å². The van der Waals surface area contributed by atoms with E-state index in [1.807, 2.05) is 19.9 Å². The van der Waals surface area contributed by atoms with E-state index in [9.17, 15) is 9.59 Å². The zero-order valence-corrected chi connectivity index (χ0v) is 13.2. The molecule has 0 fully saturated rings. The number of carbonyl (C=O) groups is 2. The summed E-state index contributed by atoms with van der Waals surface area (Å²) in [5, 5.41) is 2.75. The van der Waals surface area contributed by atoms with Crippen LogP contribution in [-0.4, -0.2) is 36.9 Å². The number of anilines is 1. The maximum Gasteiger partial charge on any atom is 0.247 e. The Labute approximate surface area is 131 Å². The number of benzene rings is 1. The highest BCUT2D eigenvalue weighted by molar-refractivity contribution is 5.96. The Hall–Kier alpha value is -2.56. The predicted molar refractivity (Wildman–Crippen MR) is 87.8 cm³/mol. The quantitative estimate of drug-likeness (QED) is 0.622. The van der Waals surface area contributed by atoms with Crippen molar-refractivity contribution in [3.05, 3.63) is 48.6 Å². The van der Waals surface area contributed by atoms with Gasteiger partial charge in [-0.05, 0) is 26.0 Å². The molecule has 1 aromatic rings. The van der Waals surface area contributed by atoms with E-state index in [1.165, 1.54) is 11.0 Å². The zero-order chi connectivity index (χ0) is 16.4. The average Bonchev–Trinajstić information content (AvgIpc) is 2.52. The average molecular weight is 302 g/mol. The molecule has 1 rings (SSSR count). The lowest BCUT2D eigenvalue weighted by Gasteiger charge is -2.18. The Balaban J connectivity index is 2.62. The number of nitrogens with zero attached hydrogens (tertiary/aromatic N) is 1. The van der Waals surface area contributed by atoms with E-state index >= 15 is 0 Å². The predicted octanol–water partition coefficient (Wildman–Crippen LogP) is 2.61. The molecule has 22 heavy (non-hydrogen) atoms. The summed E-state index contributed by atoms with van der Waals surface area (Å²) in [4.78, 5) is 25.4. The first-order chi connectivity index (χ1) is 10.6. The van der Waals surface area contributed by atoms with E-state index in [-0.39, 0.29) is 18.4 Å². The van der Waals surface area contributed by atoms with Crippen LogP contribution in [-0.2, 0) is 9.59 Å². The molecule has 0 aliphatic carbocycles. The standard InChI is InChI=1S/C17H22N2O3/c1-4-6-7-11-17(21)19(5-2)13-16(20)18-14-9-8-10-15(12-14)22-3/h4,6-12H,5,13H2,1-3H3,(H,18,20)/b6-4+,11-7+. The van der Waals surface area contributed by atoms with Gasteiger partial charge in [-0.1, -0.05) is 24.3 Å². The Morgan fingerprint density at radius 2 is 2.09 bits per heavy atom. The molecule has 1 aromatic carbocycles. The number of nitrogens with one attached hydrogen (secondary N) is 1. The molecular weight excluding hydrogens is 280 g/mol. The van der Waals surface area contributed by atoms with E-state index < -0.39 is 0 Å². The van der Waals surface area contributed by atoms with E-state index in [2.05, 4.69) is 5.32 Å². The Morgan fingerprint density at radius 3 is 2.73 bits per heavy atom. The van der Waals surface area contributed by atoms with Crippen molar-refractivity contribution in [1.29, 1.82) is 0 Å². The van der Waals surface area contributed by atoms with Crippen molar-refractivity contribution < 1.29 is 14.3 Å². The monoisotopic (exact) mass is 302 g/mol. The number of carbonyl (C=O) groups excluding carboxylic acids is 2. The maximum absolute atomic E-state index is 12.0. The highest BCUT2D eigenvalue weighted by Gasteiger charge is 2.13. The summed E-state index contributed by atoms with van der Waals surface area (Å²) in [5.41, 5.74) is 0.636. The summed E-state index contributed by atoms with van der Waals surface area (Å²) in [6.45, 7) is 4.17. The highest BCUT2D eigenvalue weighted by atomic mass is 16.5. The van der Waals surface area contributed by atoms with Gasteiger partial charge in [0.1, 0.15) is 12.3 Å². The molecule has 5 nitrogen and oxygen atoms in total. The molecule has 0 spiro atoms. The maximum atomic E-state index is 12.0. The highest BCUT2D eigenvalue weighted by Crippen LogP contribution is 2.16. The van der Waals surface area contributed by atoms with Crippen molar-refractivity contribution in [2.24, 2.45) is 0 Å². The molecular formula is C17H22N2O3. The number of methoxy groups -OCH3 is 1. The number of hydrogen-bond donors (Lipinski definition) is 1. The molecule has 0 aliphatic rings. The number of rotatable bonds is 7. The van der Waals surface area contributed by atoms with Gasteiger partial charge in [0.05, 0.1) is 7.11 Å². The summed E-state index contributed by atoms with van der Waals surface area (Å²) in [6, 6.07) is 7.08. The normalized spacial score (nSPS) is 10.9. The first kappa shape index (κ1) is 17.5. The van der Waals surface area contributed by atoms with Crippen LogP contribution in [0.5, 0.6) is 5.75 Å². The lowest BCUT2D eigenvalue weighted by atomic mass is 10.3. The number of amides is 2. The Bertz CT molecular complexity index is 565. The summed E-state index contributed by atoms with van der Waals surface area (Å²) < 4.78 is 5.10. The molecule has 2 amide bonds. The molecule has 0 aromatic heterocycles. The van der Waals surface area contributed by atoms with Gasteiger partial charge < -0.3 is 15.0 Å². The van der Waals surface area contributed by atoms with Crippen LogP contribution < -0.4 is 10.1 Å². The zero-order valence-electron chi connectivity index (χ0n) is 13.2. The lowest BCUT2D eigenvalue weighted by Crippen LogP contribution is -2.36. The van der Waals surface area contributed by atoms with Crippen LogP contribution >= 0.6 is 0 Å². The minimum atomic E-state index is -0.247. The molecule has 118 valence electrons. The molecule has 5 heteroatoms. The van der Waals surface area contributed by atoms with Crippen molar-refractivity contribution in [3.8, 4) is 5.75 Å². The lowest BCUT2D eigenvalue weighted by molar-refractivity contribution is -0.130. The summed E-state index contributed by atoms with van der Waals surface area (Å²) in [7, 11) is 1.56. The molecule has 0 radical (unpaired) electrons. The van der Waals surface area contributed by atoms with Crippen LogP contribution in [0.1, 0.15) is 13.8 Å². The van der Waals surface area contributed by atoms with Crippen LogP contribution in [0.15, 0.2) is 48.6 Å². The van der Waals surface area contributed by atoms with Crippen LogP contribution in [0.4, 0.5) is 5.69 Å². The van der Waals surface area contributed by atoms with Gasteiger partial charge in [-0.2, -0.15) is 0 Å². The van der Waals surface area contributed by atoms with Crippen molar-refractivity contribution in [2.75, 3.05) is 25.5 Å². The van der Waals surface area contributed by atoms with E-state index in [0.29, 0.717) is 18.0 Å². The number of ether oxygens (including phenoxy) is 1. The fourth-order valence-corrected chi connectivity index (χ4v) is 1.77. The molecule has 0 unspecified atom stereocenters. The first-order valence-corrected chi connectivity index (χ1v) is 7.12. The van der Waals surface area contributed by atoms with Gasteiger partial charge in [-0.3, -0.25) is 9.59 Å². The third-order valence-corrected chi connectivity index (χ3v) is 2.92. The topological polar surface area (TPSA) is 58.6 Å². The van der Waals surface area contributed by atoms with Crippen molar-refractivity contribution in [3.63, 3.8) is 0 Å². The smallest absolute Gasteiger partial charge is 0.247 e. The molecule has 0 saturated carbocycles. The molecule has 0 saturated heterocycles. The SMILES string of the molecule is C/C=C/C=C/C(=O)N(CC)CC(=O)Nc1cccc(OC)c1. The van der Waals surface area contributed by atoms with Gasteiger partial charge in [0.15, 0.2) is 0 Å². The van der Waals surface area contributed by atoms with E-state index in [0.717, 1.165) is 0 Å². The summed E-state index contributed by atoms with van der Waals surface area (Å²) in [5.74, 6) is 0.222. The van der Waals surface area contributed by atoms with E-state index in [1.54, 1.807) is 43.5 Å². The van der Waals surface area contributed by atoms with Crippen LogP contribution in [0.2, 0.25) is 0 Å². The fraction of sp³-hybridized carbons (Fsp3) is 0.294. The van der Waals surface area contributed by atoms with Gasteiger partial charge in [-0.15, -0.1) is 0 Å². The summed E-state index contributed by atoms with van der Waals surface area (Å²) >= 11 is 0. The second-order valence-corrected chi connectivity index (χ2v) is 4.52. The van der Waals surface area contributed by atoms with Crippen molar-refractivity contribution in [1.82, 2.24) is 4.90 Å². The minimum absolute atomic E-state index is 0.00667. The second-order valence-electron chi connectivity index (χ2n) is 4.52. The minimum Gasteiger partial charge on any atom is -0.497 e. The number of likely N-dealkylation sites (N-methyl/N-ethyl adjacent to an activating group) is 1. The van der Waals surface area contributed by atoms with Crippen LogP contribution in [0, 0.1) is 0 Å². The molecule has 0 atom stereocenters. The van der Waals surface area contributed by atoms with Gasteiger partial charge in [0.2, 0.25) is 11.8 Å². The second kappa shape index (κ2) is 9.39. The third-order valence-electron chi connectivity index (χ3n) is 2.92. The Kier molecular flexibility index (Phi) is 7.47. The number of allylic oxidation sites excluding steroid dienone is 3. The fourth-order valence-electron chi connectivity index (χ4n) is 1.77. The van der Waals surface area contributed by atoms with Gasteiger partial charge >= 0.3 is 0 Å². The number of hydrogen-bond acceptors (Lipinski definition) is 3. The van der Waals surface area contributed by atoms with Crippen LogP contribution in [0.25, 0.3) is 0 Å². The summed E-state index contributed by atoms with van der Waals surface area (Å²) in [6.07, 6.45) is 6.70. The van der Waals surface area contributed by atoms with Gasteiger partial charge in [0, 0.05) is 24.4 Å². The first-order valence-electron chi connectivity index (χ1n) is 7.12. The van der Waals surface area contributed by atoms with Gasteiger partial charge in [0.25, 0.3) is 0 Å². The van der Waals surface area contributed by atoms with Gasteiger partial charge in [-0.25, -0.2) is 0 Å². The third kappa shape index (κ3) is 5.83.